The van der Waals surface area contributed by atoms with Crippen LogP contribution in [0.3, 0.4) is 0 Å². The molecule has 2 aliphatic heterocycles. The Morgan fingerprint density at radius 1 is 0.694 bits per heavy atom. The minimum absolute atomic E-state index is 0.202. The predicted molar refractivity (Wildman–Crippen MR) is 242 cm³/mol. The summed E-state index contributed by atoms with van der Waals surface area (Å²) < 4.78 is 49.7. The Morgan fingerprint density at radius 3 is 1.69 bits per heavy atom. The van der Waals surface area contributed by atoms with Crippen LogP contribution in [-0.2, 0) is 48.5 Å². The number of carbonyl (C=O) groups excluding carboxylic acids is 1. The van der Waals surface area contributed by atoms with E-state index < -0.39 is 47.4 Å². The topological polar surface area (TPSA) is 167 Å². The number of hydrogen-bond donors (Lipinski definition) is 2. The first-order valence-electron chi connectivity index (χ1n) is 21.3. The second-order valence-corrected chi connectivity index (χ2v) is 17.5. The Bertz CT molecular complexity index is 1940. The van der Waals surface area contributed by atoms with Crippen molar-refractivity contribution in [1.29, 1.82) is 0 Å². The van der Waals surface area contributed by atoms with Crippen molar-refractivity contribution < 1.29 is 47.8 Å². The van der Waals surface area contributed by atoms with Crippen LogP contribution in [0.25, 0.3) is 5.52 Å². The highest BCUT2D eigenvalue weighted by Gasteiger charge is 2.67. The third-order valence-electron chi connectivity index (χ3n) is 10.3. The van der Waals surface area contributed by atoms with E-state index >= 15 is 0 Å². The molecule has 0 amide bonds. The normalized spacial score (nSPS) is 25.3. The van der Waals surface area contributed by atoms with E-state index in [9.17, 15) is 9.90 Å². The Balaban J connectivity index is 0.000000349. The van der Waals surface area contributed by atoms with Crippen LogP contribution in [-0.4, -0.2) is 114 Å². The number of rotatable bonds is 21. The van der Waals surface area contributed by atoms with Gasteiger partial charge in [0.05, 0.1) is 52.9 Å². The lowest BCUT2D eigenvalue weighted by molar-refractivity contribution is -0.288. The maximum absolute atomic E-state index is 12.5. The first-order valence-corrected chi connectivity index (χ1v) is 21.3. The average molecular weight is 867 g/mol. The monoisotopic (exact) mass is 867 g/mol. The summed E-state index contributed by atoms with van der Waals surface area (Å²) in [6, 6.07) is 3.47. The van der Waals surface area contributed by atoms with Crippen molar-refractivity contribution in [2.75, 3.05) is 58.6 Å². The molecule has 14 heteroatoms. The SMILES string of the molecule is CC(C)=CCOC[C@H]1OC(=O)[C@](C)(OCC=C(C)C)[C@@H]1OCC=C(C)C.CC(C)=CCOC[C@H]1OC(O)(c2ccc3c(N)ncnn23)[C@](C)(OCC=C(C)C)[C@@H]1OCC=C(C)C. The average Bonchev–Trinajstić information content (AvgIpc) is 3.78. The molecule has 0 aliphatic carbocycles. The van der Waals surface area contributed by atoms with Crippen LogP contribution in [0, 0.1) is 0 Å². The first-order chi connectivity index (χ1) is 29.2. The van der Waals surface area contributed by atoms with Crippen LogP contribution in [0.1, 0.15) is 103 Å². The molecule has 3 N–H and O–H groups in total. The molecule has 2 fully saturated rings. The van der Waals surface area contributed by atoms with Crippen molar-refractivity contribution in [3.05, 3.63) is 94.0 Å². The molecule has 4 rings (SSSR count). The molecule has 0 radical (unpaired) electrons. The van der Waals surface area contributed by atoms with Gasteiger partial charge in [0.15, 0.2) is 23.1 Å². The number of aliphatic hydroxyl groups is 1. The van der Waals surface area contributed by atoms with E-state index in [2.05, 4.69) is 10.1 Å². The summed E-state index contributed by atoms with van der Waals surface area (Å²) in [5.41, 5.74) is 11.4. The van der Waals surface area contributed by atoms with Gasteiger partial charge in [-0.3, -0.25) is 0 Å². The molecular formula is C48H74N4O10. The maximum atomic E-state index is 12.5. The van der Waals surface area contributed by atoms with Crippen molar-refractivity contribution >= 4 is 17.3 Å². The molecule has 0 saturated carbocycles. The van der Waals surface area contributed by atoms with Crippen LogP contribution < -0.4 is 5.73 Å². The van der Waals surface area contributed by atoms with Gasteiger partial charge in [0.2, 0.25) is 5.79 Å². The molecule has 0 bridgehead atoms. The van der Waals surface area contributed by atoms with E-state index in [4.69, 9.17) is 43.6 Å². The van der Waals surface area contributed by atoms with Crippen molar-refractivity contribution in [3.8, 4) is 0 Å². The Kier molecular flexibility index (Phi) is 20.4. The smallest absolute Gasteiger partial charge is 0.341 e. The molecule has 346 valence electrons. The number of esters is 1. The molecule has 1 unspecified atom stereocenters. The Labute approximate surface area is 369 Å². The third-order valence-corrected chi connectivity index (χ3v) is 10.3. The van der Waals surface area contributed by atoms with Gasteiger partial charge in [0.1, 0.15) is 35.8 Å². The second kappa shape index (κ2) is 24.2. The van der Waals surface area contributed by atoms with Crippen LogP contribution in [0.15, 0.2) is 88.4 Å². The number of ether oxygens (including phenoxy) is 8. The minimum Gasteiger partial charge on any atom is -0.455 e. The van der Waals surface area contributed by atoms with Gasteiger partial charge < -0.3 is 48.7 Å². The lowest BCUT2D eigenvalue weighted by Crippen LogP contribution is -2.56. The number of cyclic esters (lactones) is 1. The molecule has 2 aromatic rings. The van der Waals surface area contributed by atoms with Gasteiger partial charge >= 0.3 is 5.97 Å². The molecule has 62 heavy (non-hydrogen) atoms. The number of nitrogens with two attached hydrogens (primary N) is 1. The molecule has 4 heterocycles. The first kappa shape index (κ1) is 52.4. The molecule has 2 aromatic heterocycles. The fraction of sp³-hybridized carbons (Fsp3) is 0.604. The van der Waals surface area contributed by atoms with E-state index in [1.165, 1.54) is 16.4 Å². The van der Waals surface area contributed by atoms with Crippen molar-refractivity contribution in [2.24, 2.45) is 0 Å². The van der Waals surface area contributed by atoms with E-state index in [1.54, 1.807) is 26.0 Å². The number of anilines is 1. The number of fused-ring (bicyclic) bond motifs is 1. The number of nitrogens with zero attached hydrogens (tertiary/aromatic N) is 3. The van der Waals surface area contributed by atoms with E-state index in [-0.39, 0.29) is 19.8 Å². The summed E-state index contributed by atoms with van der Waals surface area (Å²) in [6.07, 6.45) is 10.9. The van der Waals surface area contributed by atoms with Crippen molar-refractivity contribution in [1.82, 2.24) is 14.6 Å². The van der Waals surface area contributed by atoms with Gasteiger partial charge in [0, 0.05) is 0 Å². The minimum atomic E-state index is -1.92. The summed E-state index contributed by atoms with van der Waals surface area (Å²) in [5, 5.41) is 16.6. The summed E-state index contributed by atoms with van der Waals surface area (Å²) in [5.74, 6) is -2.03. The zero-order valence-electron chi connectivity index (χ0n) is 39.7. The number of nitrogen functional groups attached to an aromatic ring is 1. The lowest BCUT2D eigenvalue weighted by Gasteiger charge is -2.39. The van der Waals surface area contributed by atoms with Gasteiger partial charge in [-0.2, -0.15) is 5.10 Å². The summed E-state index contributed by atoms with van der Waals surface area (Å²) in [7, 11) is 0. The van der Waals surface area contributed by atoms with Gasteiger partial charge in [-0.05, 0) is 109 Å². The molecule has 7 atom stereocenters. The van der Waals surface area contributed by atoms with Crippen LogP contribution in [0.5, 0.6) is 0 Å². The van der Waals surface area contributed by atoms with Gasteiger partial charge in [0.25, 0.3) is 0 Å². The summed E-state index contributed by atoms with van der Waals surface area (Å²) in [4.78, 5) is 16.6. The zero-order chi connectivity index (χ0) is 46.3. The third kappa shape index (κ3) is 14.3. The molecular weight excluding hydrogens is 793 g/mol. The highest BCUT2D eigenvalue weighted by molar-refractivity contribution is 5.82. The molecule has 0 spiro atoms. The highest BCUT2D eigenvalue weighted by atomic mass is 16.7. The number of carbonyl (C=O) groups is 1. The van der Waals surface area contributed by atoms with Crippen LogP contribution in [0.4, 0.5) is 5.82 Å². The lowest BCUT2D eigenvalue weighted by atomic mass is 9.87. The Morgan fingerprint density at radius 2 is 1.16 bits per heavy atom. The van der Waals surface area contributed by atoms with Crippen molar-refractivity contribution in [3.63, 3.8) is 0 Å². The molecule has 2 aliphatic rings. The van der Waals surface area contributed by atoms with Crippen LogP contribution in [0.2, 0.25) is 0 Å². The Hall–Kier alpha value is -3.99. The van der Waals surface area contributed by atoms with Crippen LogP contribution >= 0.6 is 0 Å². The molecule has 2 saturated heterocycles. The number of aromatic nitrogens is 3. The predicted octanol–water partition coefficient (Wildman–Crippen LogP) is 7.92. The summed E-state index contributed by atoms with van der Waals surface area (Å²) >= 11 is 0. The van der Waals surface area contributed by atoms with E-state index in [0.717, 1.165) is 27.9 Å². The van der Waals surface area contributed by atoms with Gasteiger partial charge in [-0.1, -0.05) is 69.9 Å². The number of hydrogen-bond acceptors (Lipinski definition) is 13. The second-order valence-electron chi connectivity index (χ2n) is 17.5. The van der Waals surface area contributed by atoms with E-state index in [0.29, 0.717) is 50.1 Å². The zero-order valence-corrected chi connectivity index (χ0v) is 39.7. The molecule has 14 nitrogen and oxygen atoms in total. The van der Waals surface area contributed by atoms with Crippen molar-refractivity contribution in [2.45, 2.75) is 138 Å². The molecule has 0 aromatic carbocycles. The standard InChI is InChI=1S/C27H40N4O5.C21H34O5/c1-18(2)10-13-33-16-22-24(34-14-11-19(3)4)26(7,35-15-12-20(5)6)27(32,36-22)23-9-8-21-25(28)29-17-30-31(21)23;1-15(2)8-11-23-14-18-19(24-12-9-16(3)4)21(7,20(22)26-18)25-13-10-17(5)6/h8-12,17,22,24,32H,13-16H2,1-7H3,(H2,28,29,30);8-10,18-19H,11-14H2,1-7H3/t22-,24-,26-,27?;18-,19-,21-/m11/s1. The quantitative estimate of drug-likeness (QED) is 0.0707. The highest BCUT2D eigenvalue weighted by Crippen LogP contribution is 2.49. The van der Waals surface area contributed by atoms with E-state index in [1.807, 2.05) is 120 Å². The largest absolute Gasteiger partial charge is 0.455 e. The number of allylic oxidation sites excluding steroid dienone is 6. The fourth-order valence-electron chi connectivity index (χ4n) is 6.57. The summed E-state index contributed by atoms with van der Waals surface area (Å²) in [6.45, 7) is 30.3. The van der Waals surface area contributed by atoms with Gasteiger partial charge in [-0.15, -0.1) is 0 Å². The maximum Gasteiger partial charge on any atom is 0.341 e. The van der Waals surface area contributed by atoms with Gasteiger partial charge in [-0.25, -0.2) is 14.3 Å². The fourth-order valence-corrected chi connectivity index (χ4v) is 6.57.